The van der Waals surface area contributed by atoms with Gasteiger partial charge in [0.2, 0.25) is 0 Å². The summed E-state index contributed by atoms with van der Waals surface area (Å²) in [5, 5.41) is -0.0294. The Balaban J connectivity index is 2.33. The topological polar surface area (TPSA) is 71.5 Å². The van der Waals surface area contributed by atoms with Crippen molar-refractivity contribution in [2.24, 2.45) is 0 Å². The number of nitrogens with zero attached hydrogens (tertiary/aromatic N) is 1. The van der Waals surface area contributed by atoms with Crippen molar-refractivity contribution in [3.63, 3.8) is 0 Å². The predicted molar refractivity (Wildman–Crippen MR) is 123 cm³/mol. The zero-order valence-corrected chi connectivity index (χ0v) is 20.5. The van der Waals surface area contributed by atoms with Crippen molar-refractivity contribution < 1.29 is 16.8 Å². The summed E-state index contributed by atoms with van der Waals surface area (Å²) in [7, 11) is -9.15. The summed E-state index contributed by atoms with van der Waals surface area (Å²) in [6.07, 6.45) is 0. The fourth-order valence-electron chi connectivity index (χ4n) is 2.71. The molecule has 0 bridgehead atoms. The summed E-state index contributed by atoms with van der Waals surface area (Å²) in [6, 6.07) is 14.1. The molecule has 10 heteroatoms. The lowest BCUT2D eigenvalue weighted by Gasteiger charge is -2.25. The molecule has 3 aromatic rings. The van der Waals surface area contributed by atoms with Gasteiger partial charge in [0.15, 0.2) is 0 Å². The predicted octanol–water partition coefficient (Wildman–Crippen LogP) is 5.96. The molecule has 0 amide bonds. The molecule has 0 unspecified atom stereocenters. The smallest absolute Gasteiger partial charge is 0.200 e. The van der Waals surface area contributed by atoms with Crippen LogP contribution in [0.15, 0.2) is 74.9 Å². The molecule has 158 valence electrons. The maximum atomic E-state index is 13.6. The second-order valence-electron chi connectivity index (χ2n) is 6.50. The fraction of sp³-hybridized carbons (Fsp3) is 0.100. The Bertz CT molecular complexity index is 1330. The summed E-state index contributed by atoms with van der Waals surface area (Å²) >= 11 is 15.3. The van der Waals surface area contributed by atoms with Gasteiger partial charge in [-0.3, -0.25) is 0 Å². The van der Waals surface area contributed by atoms with Crippen LogP contribution in [0.25, 0.3) is 0 Å². The van der Waals surface area contributed by atoms with E-state index in [0.717, 1.165) is 17.2 Å². The van der Waals surface area contributed by atoms with Crippen LogP contribution in [0.2, 0.25) is 10.0 Å². The lowest BCUT2D eigenvalue weighted by Crippen LogP contribution is -2.37. The van der Waals surface area contributed by atoms with Gasteiger partial charge in [0.05, 0.1) is 15.6 Å². The second kappa shape index (κ2) is 8.51. The Morgan fingerprint density at radius 3 is 2.00 bits per heavy atom. The Hall–Kier alpha value is -1.58. The van der Waals surface area contributed by atoms with Crippen molar-refractivity contribution >= 4 is 64.9 Å². The number of hydrogen-bond acceptors (Lipinski definition) is 4. The van der Waals surface area contributed by atoms with E-state index in [-0.39, 0.29) is 20.6 Å². The summed E-state index contributed by atoms with van der Waals surface area (Å²) in [5.74, 6) is 0. The van der Waals surface area contributed by atoms with Gasteiger partial charge >= 0.3 is 0 Å². The summed E-state index contributed by atoms with van der Waals surface area (Å²) in [4.78, 5) is -0.596. The van der Waals surface area contributed by atoms with Crippen molar-refractivity contribution in [2.75, 3.05) is 3.71 Å². The van der Waals surface area contributed by atoms with E-state index in [2.05, 4.69) is 15.9 Å². The van der Waals surface area contributed by atoms with Crippen LogP contribution in [0.3, 0.4) is 0 Å². The third-order valence-electron chi connectivity index (χ3n) is 4.42. The van der Waals surface area contributed by atoms with E-state index < -0.39 is 24.9 Å². The zero-order chi connectivity index (χ0) is 22.3. The molecule has 3 aromatic carbocycles. The van der Waals surface area contributed by atoms with Crippen molar-refractivity contribution in [3.8, 4) is 0 Å². The lowest BCUT2D eigenvalue weighted by atomic mass is 10.1. The molecule has 0 fully saturated rings. The van der Waals surface area contributed by atoms with E-state index in [9.17, 15) is 16.8 Å². The molecule has 0 aliphatic rings. The molecule has 30 heavy (non-hydrogen) atoms. The quantitative estimate of drug-likeness (QED) is 0.394. The highest BCUT2D eigenvalue weighted by Gasteiger charge is 2.38. The zero-order valence-electron chi connectivity index (χ0n) is 15.8. The van der Waals surface area contributed by atoms with Crippen LogP contribution in [0, 0.1) is 13.8 Å². The van der Waals surface area contributed by atoms with Crippen LogP contribution in [0.1, 0.15) is 11.1 Å². The highest BCUT2D eigenvalue weighted by atomic mass is 79.9. The molecule has 0 atom stereocenters. The van der Waals surface area contributed by atoms with Crippen LogP contribution in [0.5, 0.6) is 0 Å². The number of halogens is 3. The van der Waals surface area contributed by atoms with Crippen molar-refractivity contribution in [3.05, 3.63) is 86.3 Å². The summed E-state index contributed by atoms with van der Waals surface area (Å²) in [5.41, 5.74) is 1.59. The standard InChI is InChI=1S/C20H16BrCl2NO4S2/c1-13-3-7-17(11-14(13)2)24(29(25,26)18-8-4-15(21)5-9-18)30(27,28)20-12-16(22)6-10-19(20)23/h3-12H,1-2H3. The summed E-state index contributed by atoms with van der Waals surface area (Å²) < 4.78 is 55.2. The number of hydrogen-bond donors (Lipinski definition) is 0. The molecule has 0 aliphatic carbocycles. The first-order chi connectivity index (χ1) is 13.9. The van der Waals surface area contributed by atoms with E-state index >= 15 is 0 Å². The van der Waals surface area contributed by atoms with Gasteiger partial charge in [0, 0.05) is 9.50 Å². The minimum Gasteiger partial charge on any atom is -0.200 e. The number of anilines is 1. The third kappa shape index (κ3) is 4.38. The third-order valence-corrected chi connectivity index (χ3v) is 9.86. The SMILES string of the molecule is Cc1ccc(N(S(=O)(=O)c2ccc(Br)cc2)S(=O)(=O)c2cc(Cl)ccc2Cl)cc1C. The maximum Gasteiger partial charge on any atom is 0.279 e. The van der Waals surface area contributed by atoms with Gasteiger partial charge in [0.25, 0.3) is 20.0 Å². The molecule has 5 nitrogen and oxygen atoms in total. The minimum atomic E-state index is -4.64. The van der Waals surface area contributed by atoms with Crippen molar-refractivity contribution in [1.29, 1.82) is 0 Å². The maximum absolute atomic E-state index is 13.6. The first-order valence-electron chi connectivity index (χ1n) is 8.53. The first kappa shape index (κ1) is 23.1. The fourth-order valence-corrected chi connectivity index (χ4v) is 7.38. The summed E-state index contributed by atoms with van der Waals surface area (Å²) in [6.45, 7) is 3.61. The number of benzene rings is 3. The van der Waals surface area contributed by atoms with Crippen molar-refractivity contribution in [2.45, 2.75) is 23.6 Å². The molecule has 3 rings (SSSR count). The highest BCUT2D eigenvalue weighted by Crippen LogP contribution is 2.35. The molecular weight excluding hydrogens is 533 g/mol. The van der Waals surface area contributed by atoms with Gasteiger partial charge < -0.3 is 0 Å². The van der Waals surface area contributed by atoms with Gasteiger partial charge in [-0.1, -0.05) is 45.2 Å². The average molecular weight is 549 g/mol. The molecule has 0 aromatic heterocycles. The molecule has 0 heterocycles. The van der Waals surface area contributed by atoms with Crippen LogP contribution in [-0.2, 0) is 20.0 Å². The number of aryl methyl sites for hydroxylation is 2. The largest absolute Gasteiger partial charge is 0.279 e. The van der Waals surface area contributed by atoms with Crippen LogP contribution < -0.4 is 3.71 Å². The molecule has 0 radical (unpaired) electrons. The monoisotopic (exact) mass is 547 g/mol. The Kier molecular flexibility index (Phi) is 6.55. The van der Waals surface area contributed by atoms with Crippen LogP contribution in [0.4, 0.5) is 5.69 Å². The Labute approximate surface area is 194 Å². The van der Waals surface area contributed by atoms with Gasteiger partial charge in [0.1, 0.15) is 4.90 Å². The van der Waals surface area contributed by atoms with Crippen LogP contribution in [-0.4, -0.2) is 16.8 Å². The Morgan fingerprint density at radius 2 is 1.40 bits per heavy atom. The van der Waals surface area contributed by atoms with E-state index in [1.165, 1.54) is 48.5 Å². The van der Waals surface area contributed by atoms with E-state index in [4.69, 9.17) is 23.2 Å². The van der Waals surface area contributed by atoms with Gasteiger partial charge in [-0.25, -0.2) is 8.42 Å². The molecule has 0 spiro atoms. The van der Waals surface area contributed by atoms with Gasteiger partial charge in [-0.2, -0.15) is 12.1 Å². The Morgan fingerprint density at radius 1 is 0.767 bits per heavy atom. The first-order valence-corrected chi connectivity index (χ1v) is 13.0. The normalized spacial score (nSPS) is 12.0. The van der Waals surface area contributed by atoms with E-state index in [1.807, 2.05) is 6.92 Å². The van der Waals surface area contributed by atoms with Gasteiger partial charge in [-0.15, -0.1) is 0 Å². The minimum absolute atomic E-state index is 0.0305. The average Bonchev–Trinajstić information content (AvgIpc) is 2.66. The highest BCUT2D eigenvalue weighted by molar-refractivity contribution is 9.10. The van der Waals surface area contributed by atoms with E-state index in [0.29, 0.717) is 8.18 Å². The molecule has 0 N–H and O–H groups in total. The molecule has 0 saturated carbocycles. The second-order valence-corrected chi connectivity index (χ2v) is 12.0. The number of rotatable bonds is 5. The molecule has 0 aliphatic heterocycles. The molecular formula is C20H16BrCl2NO4S2. The van der Waals surface area contributed by atoms with Crippen molar-refractivity contribution in [1.82, 2.24) is 0 Å². The number of sulfonamides is 2. The van der Waals surface area contributed by atoms with Gasteiger partial charge in [-0.05, 0) is 79.6 Å². The molecule has 0 saturated heterocycles. The lowest BCUT2D eigenvalue weighted by molar-refractivity contribution is 0.584. The van der Waals surface area contributed by atoms with Crippen LogP contribution >= 0.6 is 39.1 Å². The van der Waals surface area contributed by atoms with E-state index in [1.54, 1.807) is 13.0 Å².